The smallest absolute Gasteiger partial charge is 0.256 e. The van der Waals surface area contributed by atoms with Crippen molar-refractivity contribution in [2.45, 2.75) is 45.6 Å². The predicted octanol–water partition coefficient (Wildman–Crippen LogP) is 2.33. The van der Waals surface area contributed by atoms with Gasteiger partial charge in [-0.05, 0) is 43.5 Å². The number of anilines is 2. The zero-order valence-electron chi connectivity index (χ0n) is 18.5. The van der Waals surface area contributed by atoms with Crippen LogP contribution in [0.3, 0.4) is 0 Å². The van der Waals surface area contributed by atoms with E-state index in [1.165, 1.54) is 6.92 Å². The first-order valence-corrected chi connectivity index (χ1v) is 10.6. The number of benzene rings is 2. The van der Waals surface area contributed by atoms with E-state index in [2.05, 4.69) is 10.6 Å². The molecule has 32 heavy (non-hydrogen) atoms. The van der Waals surface area contributed by atoms with Crippen molar-refractivity contribution >= 4 is 35.0 Å². The van der Waals surface area contributed by atoms with Crippen LogP contribution in [0.25, 0.3) is 11.1 Å². The third kappa shape index (κ3) is 4.64. The number of nitrogens with two attached hydrogens (primary N) is 1. The molecule has 3 rings (SSSR count). The van der Waals surface area contributed by atoms with E-state index in [0.29, 0.717) is 29.9 Å². The third-order valence-electron chi connectivity index (χ3n) is 5.53. The number of hydrogen-bond donors (Lipinski definition) is 3. The van der Waals surface area contributed by atoms with Crippen LogP contribution in [0, 0.1) is 0 Å². The van der Waals surface area contributed by atoms with E-state index in [-0.39, 0.29) is 24.1 Å². The van der Waals surface area contributed by atoms with Crippen molar-refractivity contribution < 1.29 is 19.2 Å². The van der Waals surface area contributed by atoms with Gasteiger partial charge in [0.1, 0.15) is 6.04 Å². The van der Waals surface area contributed by atoms with E-state index in [4.69, 9.17) is 5.73 Å². The van der Waals surface area contributed by atoms with Gasteiger partial charge in [-0.15, -0.1) is 0 Å². The Labute approximate surface area is 187 Å². The first-order valence-electron chi connectivity index (χ1n) is 10.6. The van der Waals surface area contributed by atoms with Crippen molar-refractivity contribution in [2.24, 2.45) is 0 Å². The maximum absolute atomic E-state index is 13.4. The molecule has 2 aromatic carbocycles. The van der Waals surface area contributed by atoms with Crippen molar-refractivity contribution in [3.05, 3.63) is 48.0 Å². The molecule has 1 heterocycles. The largest absolute Gasteiger partial charge is 0.398 e. The molecule has 4 amide bonds. The third-order valence-corrected chi connectivity index (χ3v) is 5.53. The zero-order valence-corrected chi connectivity index (χ0v) is 18.5. The van der Waals surface area contributed by atoms with Crippen molar-refractivity contribution in [3.63, 3.8) is 0 Å². The van der Waals surface area contributed by atoms with E-state index in [0.717, 1.165) is 16.0 Å². The molecule has 1 aliphatic rings. The van der Waals surface area contributed by atoms with Crippen LogP contribution in [-0.4, -0.2) is 36.2 Å². The van der Waals surface area contributed by atoms with Crippen molar-refractivity contribution in [1.82, 2.24) is 10.6 Å². The highest BCUT2D eigenvalue weighted by molar-refractivity contribution is 6.22. The highest BCUT2D eigenvalue weighted by Gasteiger charge is 2.37. The number of imide groups is 1. The van der Waals surface area contributed by atoms with E-state index in [1.54, 1.807) is 32.0 Å². The number of hydrogen-bond acceptors (Lipinski definition) is 5. The average Bonchev–Trinajstić information content (AvgIpc) is 2.85. The monoisotopic (exact) mass is 436 g/mol. The van der Waals surface area contributed by atoms with Gasteiger partial charge < -0.3 is 16.4 Å². The van der Waals surface area contributed by atoms with E-state index in [1.807, 2.05) is 24.3 Å². The summed E-state index contributed by atoms with van der Waals surface area (Å²) in [7, 11) is 0. The molecular formula is C24H28N4O4. The van der Waals surface area contributed by atoms with Gasteiger partial charge >= 0.3 is 0 Å². The van der Waals surface area contributed by atoms with Crippen LogP contribution >= 0.6 is 0 Å². The van der Waals surface area contributed by atoms with Crippen LogP contribution in [0.1, 0.15) is 45.1 Å². The summed E-state index contributed by atoms with van der Waals surface area (Å²) in [4.78, 5) is 51.1. The van der Waals surface area contributed by atoms with Gasteiger partial charge in [-0.2, -0.15) is 0 Å². The molecule has 8 nitrogen and oxygen atoms in total. The van der Waals surface area contributed by atoms with Crippen LogP contribution in [-0.2, 0) is 19.2 Å². The number of fused-ring (bicyclic) bond motifs is 3. The molecule has 4 N–H and O–H groups in total. The van der Waals surface area contributed by atoms with Gasteiger partial charge in [0.25, 0.3) is 5.91 Å². The quantitative estimate of drug-likeness (QED) is 0.474. The van der Waals surface area contributed by atoms with E-state index >= 15 is 0 Å². The molecule has 0 fully saturated rings. The molecule has 0 spiro atoms. The Kier molecular flexibility index (Phi) is 6.92. The Morgan fingerprint density at radius 1 is 1.12 bits per heavy atom. The maximum Gasteiger partial charge on any atom is 0.256 e. The normalized spacial score (nSPS) is 15.8. The lowest BCUT2D eigenvalue weighted by atomic mass is 9.92. The Balaban J connectivity index is 1.86. The summed E-state index contributed by atoms with van der Waals surface area (Å²) < 4.78 is 0. The van der Waals surface area contributed by atoms with Gasteiger partial charge in [-0.3, -0.25) is 19.2 Å². The standard InChI is InChI=1S/C24H28N4O4/c1-14-17-8-4-5-9-18(17)22-19(25)10-6-11-20(22)28(23(14)31)24(32)15(2)27-21(30)12-7-13-26-16(3)29/h4-6,8-11,14-15H,7,12-13,25H2,1-3H3,(H,26,29)(H,27,30)/t14?,15-/m0/s1. The first kappa shape index (κ1) is 23.0. The second-order valence-electron chi connectivity index (χ2n) is 7.94. The molecule has 0 bridgehead atoms. The number of amides is 4. The fourth-order valence-corrected chi connectivity index (χ4v) is 3.89. The van der Waals surface area contributed by atoms with E-state index in [9.17, 15) is 19.2 Å². The molecular weight excluding hydrogens is 408 g/mol. The van der Waals surface area contributed by atoms with Crippen LogP contribution in [0.15, 0.2) is 42.5 Å². The summed E-state index contributed by atoms with van der Waals surface area (Å²) in [5, 5.41) is 5.28. The average molecular weight is 437 g/mol. The van der Waals surface area contributed by atoms with Gasteiger partial charge in [0, 0.05) is 31.1 Å². The molecule has 0 radical (unpaired) electrons. The zero-order chi connectivity index (χ0) is 23.4. The molecule has 168 valence electrons. The predicted molar refractivity (Wildman–Crippen MR) is 123 cm³/mol. The molecule has 0 saturated heterocycles. The second-order valence-corrected chi connectivity index (χ2v) is 7.94. The highest BCUT2D eigenvalue weighted by atomic mass is 16.2. The number of carbonyl (C=O) groups is 4. The highest BCUT2D eigenvalue weighted by Crippen LogP contribution is 2.43. The number of rotatable bonds is 6. The number of carbonyl (C=O) groups excluding carboxylic acids is 4. The lowest BCUT2D eigenvalue weighted by Crippen LogP contribution is -2.50. The summed E-state index contributed by atoms with van der Waals surface area (Å²) in [6.07, 6.45) is 0.595. The summed E-state index contributed by atoms with van der Waals surface area (Å²) >= 11 is 0. The van der Waals surface area contributed by atoms with Crippen molar-refractivity contribution in [1.29, 1.82) is 0 Å². The van der Waals surface area contributed by atoms with Gasteiger partial charge in [0.05, 0.1) is 11.6 Å². The fourth-order valence-electron chi connectivity index (χ4n) is 3.89. The molecule has 0 aliphatic carbocycles. The summed E-state index contributed by atoms with van der Waals surface area (Å²) in [5.74, 6) is -1.97. The van der Waals surface area contributed by atoms with Crippen LogP contribution in [0.5, 0.6) is 0 Å². The lowest BCUT2D eigenvalue weighted by Gasteiger charge is -2.26. The molecule has 8 heteroatoms. The molecule has 0 saturated carbocycles. The van der Waals surface area contributed by atoms with Crippen LogP contribution < -0.4 is 21.3 Å². The van der Waals surface area contributed by atoms with Crippen molar-refractivity contribution in [3.8, 4) is 11.1 Å². The summed E-state index contributed by atoms with van der Waals surface area (Å²) in [6, 6.07) is 11.7. The molecule has 1 aliphatic heterocycles. The van der Waals surface area contributed by atoms with Crippen molar-refractivity contribution in [2.75, 3.05) is 17.2 Å². The van der Waals surface area contributed by atoms with Gasteiger partial charge in [-0.25, -0.2) is 4.90 Å². The summed E-state index contributed by atoms with van der Waals surface area (Å²) in [6.45, 7) is 5.09. The second kappa shape index (κ2) is 9.64. The minimum atomic E-state index is -0.921. The minimum Gasteiger partial charge on any atom is -0.398 e. The number of nitrogens with zero attached hydrogens (tertiary/aromatic N) is 1. The topological polar surface area (TPSA) is 122 Å². The minimum absolute atomic E-state index is 0.150. The molecule has 2 atom stereocenters. The maximum atomic E-state index is 13.4. The van der Waals surface area contributed by atoms with E-state index < -0.39 is 17.9 Å². The van der Waals surface area contributed by atoms with Gasteiger partial charge in [0.2, 0.25) is 17.7 Å². The SMILES string of the molecule is CC(=O)NCCCC(=O)N[C@@H](C)C(=O)N1C(=O)C(C)c2ccccc2-c2c(N)cccc21. The first-order chi connectivity index (χ1) is 15.2. The Hall–Kier alpha value is -3.68. The Morgan fingerprint density at radius 2 is 1.84 bits per heavy atom. The molecule has 2 aromatic rings. The fraction of sp³-hybridized carbons (Fsp3) is 0.333. The van der Waals surface area contributed by atoms with Gasteiger partial charge in [-0.1, -0.05) is 30.3 Å². The van der Waals surface area contributed by atoms with Crippen LogP contribution in [0.4, 0.5) is 11.4 Å². The van der Waals surface area contributed by atoms with Crippen LogP contribution in [0.2, 0.25) is 0 Å². The Bertz CT molecular complexity index is 1070. The Morgan fingerprint density at radius 3 is 2.56 bits per heavy atom. The number of nitrogen functional groups attached to an aromatic ring is 1. The molecule has 0 aromatic heterocycles. The lowest BCUT2D eigenvalue weighted by molar-refractivity contribution is -0.131. The molecule has 1 unspecified atom stereocenters. The van der Waals surface area contributed by atoms with Gasteiger partial charge in [0.15, 0.2) is 0 Å². The number of nitrogens with one attached hydrogen (secondary N) is 2. The summed E-state index contributed by atoms with van der Waals surface area (Å²) in [5.41, 5.74) is 9.38.